The minimum Gasteiger partial charge on any atom is -0.475 e. The second-order valence-electron chi connectivity index (χ2n) is 3.70. The summed E-state index contributed by atoms with van der Waals surface area (Å²) >= 11 is 0. The van der Waals surface area contributed by atoms with E-state index in [1.165, 1.54) is 6.07 Å². The Hall–Kier alpha value is -1.98. The van der Waals surface area contributed by atoms with Crippen LogP contribution in [0.15, 0.2) is 16.5 Å². The van der Waals surface area contributed by atoms with E-state index in [-0.39, 0.29) is 5.76 Å². The second-order valence-corrected chi connectivity index (χ2v) is 3.70. The van der Waals surface area contributed by atoms with E-state index in [2.05, 4.69) is 0 Å². The third-order valence-corrected chi connectivity index (χ3v) is 2.67. The highest BCUT2D eigenvalue weighted by molar-refractivity contribution is 5.86. The van der Waals surface area contributed by atoms with Crippen LogP contribution in [0.4, 0.5) is 5.88 Å². The van der Waals surface area contributed by atoms with Crippen molar-refractivity contribution in [1.82, 2.24) is 0 Å². The normalized spacial score (nSPS) is 20.0. The van der Waals surface area contributed by atoms with E-state index < -0.39 is 17.9 Å². The van der Waals surface area contributed by atoms with Crippen molar-refractivity contribution in [1.29, 1.82) is 0 Å². The number of carbonyl (C=O) groups excluding carboxylic acids is 1. The van der Waals surface area contributed by atoms with Gasteiger partial charge in [0.2, 0.25) is 11.7 Å². The van der Waals surface area contributed by atoms with Crippen molar-refractivity contribution in [2.75, 3.05) is 11.4 Å². The monoisotopic (exact) mass is 224 g/mol. The van der Waals surface area contributed by atoms with Crippen LogP contribution in [0.3, 0.4) is 0 Å². The number of amides is 1. The summed E-state index contributed by atoms with van der Waals surface area (Å²) in [5, 5.41) is 8.71. The fourth-order valence-corrected chi connectivity index (χ4v) is 1.92. The predicted molar refractivity (Wildman–Crippen MR) is 55.2 cm³/mol. The van der Waals surface area contributed by atoms with Gasteiger partial charge in [0, 0.05) is 12.6 Å². The SMILES string of the molecule is NC(=O)C1CCCN1c1ccc(C(=O)O)o1. The molecule has 16 heavy (non-hydrogen) atoms. The zero-order chi connectivity index (χ0) is 11.7. The maximum absolute atomic E-state index is 11.1. The molecule has 0 saturated carbocycles. The molecule has 1 atom stereocenters. The van der Waals surface area contributed by atoms with Gasteiger partial charge in [0.1, 0.15) is 6.04 Å². The third-order valence-electron chi connectivity index (χ3n) is 2.67. The van der Waals surface area contributed by atoms with Crippen LogP contribution in [0.5, 0.6) is 0 Å². The first-order chi connectivity index (χ1) is 7.59. The summed E-state index contributed by atoms with van der Waals surface area (Å²) in [7, 11) is 0. The van der Waals surface area contributed by atoms with Crippen LogP contribution in [0.2, 0.25) is 0 Å². The van der Waals surface area contributed by atoms with Gasteiger partial charge in [0.25, 0.3) is 0 Å². The first kappa shape index (κ1) is 10.5. The maximum Gasteiger partial charge on any atom is 0.371 e. The van der Waals surface area contributed by atoms with Crippen molar-refractivity contribution in [3.05, 3.63) is 17.9 Å². The molecule has 6 heteroatoms. The molecule has 1 amide bonds. The number of carboxylic acid groups (broad SMARTS) is 1. The van der Waals surface area contributed by atoms with Gasteiger partial charge in [-0.1, -0.05) is 0 Å². The number of nitrogens with two attached hydrogens (primary N) is 1. The fraction of sp³-hybridized carbons (Fsp3) is 0.400. The van der Waals surface area contributed by atoms with E-state index in [1.54, 1.807) is 11.0 Å². The number of nitrogens with zero attached hydrogens (tertiary/aromatic N) is 1. The van der Waals surface area contributed by atoms with Gasteiger partial charge >= 0.3 is 5.97 Å². The number of hydrogen-bond acceptors (Lipinski definition) is 4. The molecular weight excluding hydrogens is 212 g/mol. The Bertz CT molecular complexity index is 426. The predicted octanol–water partition coefficient (Wildman–Crippen LogP) is 0.432. The van der Waals surface area contributed by atoms with Gasteiger partial charge in [-0.3, -0.25) is 4.79 Å². The van der Waals surface area contributed by atoms with Crippen molar-refractivity contribution in [2.24, 2.45) is 5.73 Å². The first-order valence-corrected chi connectivity index (χ1v) is 4.98. The van der Waals surface area contributed by atoms with E-state index in [0.717, 1.165) is 6.42 Å². The van der Waals surface area contributed by atoms with Gasteiger partial charge in [-0.05, 0) is 18.9 Å². The lowest BCUT2D eigenvalue weighted by Gasteiger charge is -2.20. The van der Waals surface area contributed by atoms with Crippen LogP contribution in [0.25, 0.3) is 0 Å². The first-order valence-electron chi connectivity index (χ1n) is 4.98. The molecule has 1 aliphatic rings. The van der Waals surface area contributed by atoms with Crippen molar-refractivity contribution in [2.45, 2.75) is 18.9 Å². The zero-order valence-corrected chi connectivity index (χ0v) is 8.55. The van der Waals surface area contributed by atoms with Crippen molar-refractivity contribution >= 4 is 17.8 Å². The lowest BCUT2D eigenvalue weighted by Crippen LogP contribution is -2.40. The molecule has 2 heterocycles. The molecule has 1 aliphatic heterocycles. The molecule has 1 aromatic heterocycles. The highest BCUT2D eigenvalue weighted by Gasteiger charge is 2.31. The number of hydrogen-bond donors (Lipinski definition) is 2. The smallest absolute Gasteiger partial charge is 0.371 e. The molecule has 0 spiro atoms. The molecule has 0 radical (unpaired) electrons. The number of carbonyl (C=O) groups is 2. The summed E-state index contributed by atoms with van der Waals surface area (Å²) in [6, 6.07) is 2.52. The molecule has 1 aromatic rings. The number of primary amides is 1. The standard InChI is InChI=1S/C10H12N2O4/c11-9(13)6-2-1-5-12(6)8-4-3-7(16-8)10(14)15/h3-4,6H,1-2,5H2,(H2,11,13)(H,14,15). The summed E-state index contributed by atoms with van der Waals surface area (Å²) in [4.78, 5) is 23.5. The Morgan fingerprint density at radius 2 is 2.25 bits per heavy atom. The molecule has 3 N–H and O–H groups in total. The third kappa shape index (κ3) is 1.73. The minimum atomic E-state index is -1.12. The summed E-state index contributed by atoms with van der Waals surface area (Å²) in [5.41, 5.74) is 5.25. The Labute approximate surface area is 91.6 Å². The fourth-order valence-electron chi connectivity index (χ4n) is 1.92. The maximum atomic E-state index is 11.1. The molecule has 0 aliphatic carbocycles. The second kappa shape index (κ2) is 3.88. The molecule has 0 bridgehead atoms. The van der Waals surface area contributed by atoms with E-state index in [0.29, 0.717) is 18.8 Å². The van der Waals surface area contributed by atoms with Crippen LogP contribution in [-0.2, 0) is 4.79 Å². The zero-order valence-electron chi connectivity index (χ0n) is 8.55. The Balaban J connectivity index is 2.22. The van der Waals surface area contributed by atoms with Gasteiger partial charge < -0.3 is 20.2 Å². The largest absolute Gasteiger partial charge is 0.475 e. The number of anilines is 1. The highest BCUT2D eigenvalue weighted by atomic mass is 16.4. The topological polar surface area (TPSA) is 96.8 Å². The van der Waals surface area contributed by atoms with Gasteiger partial charge in [-0.15, -0.1) is 0 Å². The molecule has 2 rings (SSSR count). The van der Waals surface area contributed by atoms with E-state index in [9.17, 15) is 9.59 Å². The van der Waals surface area contributed by atoms with Gasteiger partial charge in [0.05, 0.1) is 0 Å². The quantitative estimate of drug-likeness (QED) is 0.776. The average molecular weight is 224 g/mol. The minimum absolute atomic E-state index is 0.134. The summed E-state index contributed by atoms with van der Waals surface area (Å²) in [6.07, 6.45) is 1.52. The molecule has 6 nitrogen and oxygen atoms in total. The molecule has 86 valence electrons. The lowest BCUT2D eigenvalue weighted by molar-refractivity contribution is -0.119. The number of rotatable bonds is 3. The highest BCUT2D eigenvalue weighted by Crippen LogP contribution is 2.27. The van der Waals surface area contributed by atoms with Gasteiger partial charge in [-0.25, -0.2) is 4.79 Å². The summed E-state index contributed by atoms with van der Waals surface area (Å²) in [6.45, 7) is 0.653. The van der Waals surface area contributed by atoms with E-state index in [1.807, 2.05) is 0 Å². The van der Waals surface area contributed by atoms with E-state index in [4.69, 9.17) is 15.3 Å². The van der Waals surface area contributed by atoms with Gasteiger partial charge in [-0.2, -0.15) is 0 Å². The average Bonchev–Trinajstić information content (AvgIpc) is 2.86. The Morgan fingerprint density at radius 3 is 2.81 bits per heavy atom. The number of carboxylic acids is 1. The number of aromatic carboxylic acids is 1. The molecular formula is C10H12N2O4. The van der Waals surface area contributed by atoms with Crippen molar-refractivity contribution in [3.8, 4) is 0 Å². The Morgan fingerprint density at radius 1 is 1.50 bits per heavy atom. The van der Waals surface area contributed by atoms with Crippen LogP contribution >= 0.6 is 0 Å². The van der Waals surface area contributed by atoms with Crippen molar-refractivity contribution in [3.63, 3.8) is 0 Å². The summed E-state index contributed by atoms with van der Waals surface area (Å²) < 4.78 is 5.13. The van der Waals surface area contributed by atoms with Crippen LogP contribution in [0, 0.1) is 0 Å². The van der Waals surface area contributed by atoms with Gasteiger partial charge in [0.15, 0.2) is 5.88 Å². The molecule has 0 aromatic carbocycles. The van der Waals surface area contributed by atoms with Crippen LogP contribution in [-0.4, -0.2) is 29.6 Å². The Kier molecular flexibility index (Phi) is 2.55. The molecule has 1 saturated heterocycles. The van der Waals surface area contributed by atoms with Crippen LogP contribution < -0.4 is 10.6 Å². The van der Waals surface area contributed by atoms with E-state index >= 15 is 0 Å². The number of furan rings is 1. The summed E-state index contributed by atoms with van der Waals surface area (Å²) in [5.74, 6) is -1.28. The molecule has 1 fully saturated rings. The van der Waals surface area contributed by atoms with Crippen LogP contribution in [0.1, 0.15) is 23.4 Å². The van der Waals surface area contributed by atoms with Crippen molar-refractivity contribution < 1.29 is 19.1 Å². The lowest BCUT2D eigenvalue weighted by atomic mass is 10.2. The molecule has 1 unspecified atom stereocenters.